The number of carbonyl (C=O) groups is 4. The van der Waals surface area contributed by atoms with Crippen LogP contribution in [0.5, 0.6) is 0 Å². The molecule has 0 saturated carbocycles. The predicted molar refractivity (Wildman–Crippen MR) is 376 cm³/mol. The Labute approximate surface area is 567 Å². The van der Waals surface area contributed by atoms with Crippen molar-refractivity contribution in [1.29, 1.82) is 0 Å². The quantitative estimate of drug-likeness (QED) is 0.0167. The highest BCUT2D eigenvalue weighted by Crippen LogP contribution is 2.46. The van der Waals surface area contributed by atoms with Crippen LogP contribution in [-0.2, 0) is 80.6 Å². The van der Waals surface area contributed by atoms with Gasteiger partial charge in [-0.2, -0.15) is 0 Å². The maximum Gasteiger partial charge on any atom is 0.678 e. The van der Waals surface area contributed by atoms with E-state index in [0.29, 0.717) is 88.2 Å². The first-order valence-corrected chi connectivity index (χ1v) is 33.4. The molecule has 0 N–H and O–H groups in total. The highest BCUT2D eigenvalue weighted by molar-refractivity contribution is 6.46. The minimum absolute atomic E-state index is 0.00920. The fraction of sp³-hybridized carbons (Fsp3) is 0.256. The van der Waals surface area contributed by atoms with E-state index in [9.17, 15) is 19.2 Å². The average Bonchev–Trinajstić information content (AvgIpc) is 1.54. The lowest BCUT2D eigenvalue weighted by atomic mass is 9.91. The molecule has 0 amide bonds. The predicted octanol–water partition coefficient (Wildman–Crippen LogP) is 17.0. The number of carbonyl (C=O) groups excluding carboxylic acids is 4. The summed E-state index contributed by atoms with van der Waals surface area (Å²) >= 11 is 0. The van der Waals surface area contributed by atoms with Crippen molar-refractivity contribution in [2.45, 2.75) is 133 Å². The van der Waals surface area contributed by atoms with Crippen molar-refractivity contribution in [3.05, 3.63) is 270 Å². The van der Waals surface area contributed by atoms with Crippen LogP contribution >= 0.6 is 0 Å². The number of allylic oxidation sites excluding steroid dienone is 2. The van der Waals surface area contributed by atoms with Crippen molar-refractivity contribution in [1.82, 2.24) is 18.9 Å². The Morgan fingerprint density at radius 3 is 0.898 bits per heavy atom. The van der Waals surface area contributed by atoms with Gasteiger partial charge in [-0.15, -0.1) is 0 Å². The zero-order chi connectivity index (χ0) is 69.3. The van der Waals surface area contributed by atoms with E-state index < -0.39 is 38.7 Å². The number of benzene rings is 5. The molecule has 6 heterocycles. The third-order valence-corrected chi connectivity index (χ3v) is 18.0. The molecule has 20 heteroatoms. The molecule has 0 radical (unpaired) electrons. The van der Waals surface area contributed by atoms with Gasteiger partial charge >= 0.3 is 38.7 Å². The van der Waals surface area contributed by atoms with Gasteiger partial charge in [0.1, 0.15) is 37.8 Å². The first kappa shape index (κ1) is 68.9. The van der Waals surface area contributed by atoms with Gasteiger partial charge in [0.25, 0.3) is 0 Å². The maximum atomic E-state index is 16.8. The first-order valence-electron chi connectivity index (χ1n) is 33.4. The molecule has 14 nitrogen and oxygen atoms in total. The molecule has 0 saturated heterocycles. The Kier molecular flexibility index (Phi) is 21.6. The molecule has 0 aliphatic carbocycles. The molecule has 0 fully saturated rings. The summed E-state index contributed by atoms with van der Waals surface area (Å²) in [5, 5.41) is 1.08. The second-order valence-corrected chi connectivity index (χ2v) is 23.6. The largest absolute Gasteiger partial charge is 0.678 e. The second-order valence-electron chi connectivity index (χ2n) is 23.6. The fourth-order valence-corrected chi connectivity index (χ4v) is 13.5. The molecule has 5 aromatic carbocycles. The molecule has 2 aliphatic heterocycles. The Morgan fingerprint density at radius 2 is 0.622 bits per heavy atom. The molecule has 0 spiro atoms. The van der Waals surface area contributed by atoms with E-state index in [4.69, 9.17) is 38.9 Å². The van der Waals surface area contributed by atoms with Crippen LogP contribution in [0.2, 0.25) is 0 Å². The molecule has 498 valence electrons. The third-order valence-electron chi connectivity index (χ3n) is 18.0. The molecule has 98 heavy (non-hydrogen) atoms. The molecule has 0 atom stereocenters. The molecular formula is C78H74B2F4N6O8. The number of pyridine rings is 2. The summed E-state index contributed by atoms with van der Waals surface area (Å²) < 4.78 is 92.1. The van der Waals surface area contributed by atoms with Gasteiger partial charge < -0.3 is 27.9 Å². The van der Waals surface area contributed by atoms with E-state index in [1.165, 1.54) is 0 Å². The van der Waals surface area contributed by atoms with Gasteiger partial charge in [0.05, 0.1) is 33.8 Å². The third kappa shape index (κ3) is 13.5. The minimum Gasteiger partial charge on any atom is -0.456 e. The number of aromatic nitrogens is 4. The van der Waals surface area contributed by atoms with Crippen molar-refractivity contribution in [2.24, 2.45) is 9.98 Å². The molecule has 0 unspecified atom stereocenters. The van der Waals surface area contributed by atoms with Crippen molar-refractivity contribution in [3.8, 4) is 0 Å². The average molecular weight is 1320 g/mol. The van der Waals surface area contributed by atoms with E-state index in [-0.39, 0.29) is 144 Å². The van der Waals surface area contributed by atoms with Crippen LogP contribution in [0.25, 0.3) is 33.0 Å². The number of hydrogen-bond donors (Lipinski definition) is 0. The Morgan fingerprint density at radius 1 is 0.347 bits per heavy atom. The van der Waals surface area contributed by atoms with E-state index in [0.717, 1.165) is 11.1 Å². The molecule has 11 rings (SSSR count). The van der Waals surface area contributed by atoms with Crippen LogP contribution in [0.1, 0.15) is 169 Å². The minimum atomic E-state index is -3.33. The molecular weight excluding hydrogens is 1250 g/mol. The van der Waals surface area contributed by atoms with Crippen LogP contribution in [-0.4, -0.2) is 69.0 Å². The fourth-order valence-electron chi connectivity index (χ4n) is 13.5. The zero-order valence-electron chi connectivity index (χ0n) is 56.1. The van der Waals surface area contributed by atoms with Crippen LogP contribution in [0, 0.1) is 0 Å². The maximum absolute atomic E-state index is 16.8. The van der Waals surface area contributed by atoms with Crippen LogP contribution in [0.4, 0.5) is 17.3 Å². The monoisotopic (exact) mass is 1320 g/mol. The number of esters is 4. The second kappa shape index (κ2) is 30.7. The number of halogens is 4. The number of aliphatic imine (C=N–C) groups is 2. The lowest BCUT2D eigenvalue weighted by molar-refractivity contribution is -0.137. The topological polar surface area (TPSA) is 166 Å². The van der Waals surface area contributed by atoms with Gasteiger partial charge in [-0.1, -0.05) is 201 Å². The summed E-state index contributed by atoms with van der Waals surface area (Å²) in [4.78, 5) is 79.5. The van der Waals surface area contributed by atoms with Crippen LogP contribution in [0.15, 0.2) is 201 Å². The van der Waals surface area contributed by atoms with E-state index in [2.05, 4.69) is 0 Å². The number of rotatable bonds is 26. The summed E-state index contributed by atoms with van der Waals surface area (Å²) in [6.07, 6.45) is 1.75. The van der Waals surface area contributed by atoms with Crippen LogP contribution in [0.3, 0.4) is 0 Å². The van der Waals surface area contributed by atoms with E-state index in [1.807, 2.05) is 126 Å². The lowest BCUT2D eigenvalue weighted by Crippen LogP contribution is -2.24. The Balaban J connectivity index is 1.19. The number of ether oxygens (including phenoxy) is 4. The van der Waals surface area contributed by atoms with Gasteiger partial charge in [0, 0.05) is 33.3 Å². The summed E-state index contributed by atoms with van der Waals surface area (Å²) in [7, 11) is -6.66. The van der Waals surface area contributed by atoms with Gasteiger partial charge in [-0.3, -0.25) is 17.3 Å². The van der Waals surface area contributed by atoms with Gasteiger partial charge in [0.2, 0.25) is 0 Å². The summed E-state index contributed by atoms with van der Waals surface area (Å²) in [5.41, 5.74) is 6.80. The summed E-state index contributed by atoms with van der Waals surface area (Å²) in [6, 6.07) is 46.7. The highest BCUT2D eigenvalue weighted by Gasteiger charge is 2.42. The first-order chi connectivity index (χ1) is 47.6. The number of fused-ring (bicyclic) bond motifs is 3. The summed E-state index contributed by atoms with van der Waals surface area (Å²) in [6.45, 7) is 14.2. The molecule has 0 bridgehead atoms. The summed E-state index contributed by atoms with van der Waals surface area (Å²) in [5.74, 6) is -3.41. The number of hydrogen-bond acceptors (Lipinski definition) is 12. The molecule has 4 aromatic heterocycles. The van der Waals surface area contributed by atoms with Crippen molar-refractivity contribution in [3.63, 3.8) is 0 Å². The van der Waals surface area contributed by atoms with Crippen molar-refractivity contribution >= 4 is 83.1 Å². The van der Waals surface area contributed by atoms with E-state index >= 15 is 17.3 Å². The standard InChI is InChI=1S/C78H74B2F4N6O8/c1-9-53-55(11-3)69(75(91)95-43-47-29-21-17-22-30-47)87-67(53)63(71-57(13-5)59(15-7)73(89(71)79(81)82)77(93)97-45-49-33-25-19-26-34-49)61-41-39-51-37-38-52-40-42-62(86-66(52)65(51)85-61)64(68-54(10-2)56(12-4)70(88-68)76(92)96-44-48-31-23-18-24-32-48)72-58(14-6)60(16-8)74(90(72)80(83)84)78(94)98-46-50-35-27-20-28-36-50/h17-42H,9-16,43-46H2,1-8H3/b67-63-,68-64+. The van der Waals surface area contributed by atoms with Gasteiger partial charge in [-0.25, -0.2) is 39.1 Å². The Bertz CT molecular complexity index is 4450. The van der Waals surface area contributed by atoms with Gasteiger partial charge in [-0.05, 0) is 130 Å². The highest BCUT2D eigenvalue weighted by atomic mass is 19.2. The molecule has 9 aromatic rings. The lowest BCUT2D eigenvalue weighted by Gasteiger charge is -2.19. The van der Waals surface area contributed by atoms with Crippen molar-refractivity contribution < 1.29 is 55.4 Å². The number of nitrogens with zero attached hydrogens (tertiary/aromatic N) is 6. The zero-order valence-corrected chi connectivity index (χ0v) is 56.1. The smallest absolute Gasteiger partial charge is 0.456 e. The van der Waals surface area contributed by atoms with Crippen molar-refractivity contribution in [2.75, 3.05) is 0 Å². The Hall–Kier alpha value is -10.5. The molecule has 2 aliphatic rings. The van der Waals surface area contributed by atoms with Crippen LogP contribution < -0.4 is 0 Å². The SMILES string of the molecule is CCC1=C(CC)/C(=C(\c2ccc3ccc4ccc(/C(=C5\N=C(C(=O)OCc6ccccc6)C(CC)=C5CC)c5c(CC)c(CC)c(C(=O)OCc6ccccc6)n5B(F)F)nc4c3n2)c2c(CC)c(CC)c(C(=O)OCc3ccccc3)n2B(F)F)N=C1C(=O)OCc1ccccc1. The van der Waals surface area contributed by atoms with Gasteiger partial charge in [0.15, 0.2) is 11.4 Å². The van der Waals surface area contributed by atoms with E-state index in [1.54, 1.807) is 86.6 Å². The normalized spacial score (nSPS) is 14.0.